The van der Waals surface area contributed by atoms with Crippen LogP contribution in [0.2, 0.25) is 0 Å². The van der Waals surface area contributed by atoms with Gasteiger partial charge in [-0.25, -0.2) is 9.35 Å². The number of hydrogen-bond donors (Lipinski definition) is 2. The van der Waals surface area contributed by atoms with Crippen molar-refractivity contribution in [3.05, 3.63) is 64.1 Å². The van der Waals surface area contributed by atoms with E-state index in [1.807, 2.05) is 24.3 Å². The van der Waals surface area contributed by atoms with E-state index in [9.17, 15) is 4.21 Å². The molecule has 3 rings (SSSR count). The second kappa shape index (κ2) is 9.76. The Morgan fingerprint density at radius 1 is 1.04 bits per heavy atom. The summed E-state index contributed by atoms with van der Waals surface area (Å²) in [6, 6.07) is 17.1. The maximum atomic E-state index is 11.4. The number of nitrogens with one attached hydrogen (secondary N) is 1. The summed E-state index contributed by atoms with van der Waals surface area (Å²) in [5.74, 6) is 0. The van der Waals surface area contributed by atoms with Crippen LogP contribution in [0.25, 0.3) is 0 Å². The molecule has 2 aromatic rings. The molecule has 0 saturated carbocycles. The van der Waals surface area contributed by atoms with E-state index in [2.05, 4.69) is 50.4 Å². The van der Waals surface area contributed by atoms with E-state index in [0.717, 1.165) is 37.1 Å². The molecule has 26 heavy (non-hydrogen) atoms. The third-order valence-electron chi connectivity index (χ3n) is 4.97. The molecule has 1 fully saturated rings. The van der Waals surface area contributed by atoms with Crippen LogP contribution >= 0.6 is 15.9 Å². The van der Waals surface area contributed by atoms with Crippen LogP contribution in [0.15, 0.2) is 57.9 Å². The Morgan fingerprint density at radius 3 is 2.27 bits per heavy atom. The molecule has 6 heteroatoms. The summed E-state index contributed by atoms with van der Waals surface area (Å²) in [6.45, 7) is 4.13. The predicted molar refractivity (Wildman–Crippen MR) is 111 cm³/mol. The first kappa shape index (κ1) is 19.7. The maximum absolute atomic E-state index is 11.4. The van der Waals surface area contributed by atoms with Crippen molar-refractivity contribution in [2.75, 3.05) is 19.6 Å². The zero-order valence-corrected chi connectivity index (χ0v) is 17.3. The molecule has 1 heterocycles. The standard InChI is InChI=1S/C20H26BrN3OS/c21-18-5-1-16(2-6-18)11-14-24(19-9-12-23-13-10-19)15-17-3-7-20(8-4-17)26(22)25/h1-8,19,23H,9-15,22H2. The monoisotopic (exact) mass is 435 g/mol. The summed E-state index contributed by atoms with van der Waals surface area (Å²) >= 11 is 3.50. The lowest BCUT2D eigenvalue weighted by atomic mass is 10.0. The Balaban J connectivity index is 1.67. The van der Waals surface area contributed by atoms with E-state index in [0.29, 0.717) is 10.9 Å². The van der Waals surface area contributed by atoms with Crippen molar-refractivity contribution in [1.29, 1.82) is 0 Å². The fourth-order valence-electron chi connectivity index (χ4n) is 3.45. The highest BCUT2D eigenvalue weighted by Gasteiger charge is 2.21. The predicted octanol–water partition coefficient (Wildman–Crippen LogP) is 3.23. The molecule has 1 unspecified atom stereocenters. The van der Waals surface area contributed by atoms with Crippen LogP contribution in [0, 0.1) is 0 Å². The zero-order chi connectivity index (χ0) is 18.4. The third kappa shape index (κ3) is 5.72. The Bertz CT molecular complexity index is 715. The number of nitrogens with zero attached hydrogens (tertiary/aromatic N) is 1. The molecular formula is C20H26BrN3OS. The second-order valence-electron chi connectivity index (χ2n) is 6.77. The van der Waals surface area contributed by atoms with Gasteiger partial charge in [-0.15, -0.1) is 0 Å². The minimum Gasteiger partial charge on any atom is -0.317 e. The van der Waals surface area contributed by atoms with Crippen molar-refractivity contribution in [1.82, 2.24) is 10.2 Å². The van der Waals surface area contributed by atoms with Crippen molar-refractivity contribution < 1.29 is 4.21 Å². The summed E-state index contributed by atoms with van der Waals surface area (Å²) < 4.78 is 12.5. The minimum atomic E-state index is -1.41. The first-order valence-electron chi connectivity index (χ1n) is 9.06. The van der Waals surface area contributed by atoms with Gasteiger partial charge in [0.2, 0.25) is 0 Å². The molecule has 0 radical (unpaired) electrons. The first-order valence-corrected chi connectivity index (χ1v) is 11.1. The van der Waals surface area contributed by atoms with E-state index < -0.39 is 11.0 Å². The quantitative estimate of drug-likeness (QED) is 0.701. The number of piperidine rings is 1. The first-order chi connectivity index (χ1) is 12.6. The molecule has 140 valence electrons. The number of rotatable bonds is 7. The molecule has 0 amide bonds. The summed E-state index contributed by atoms with van der Waals surface area (Å²) in [6.07, 6.45) is 3.42. The molecule has 0 aliphatic carbocycles. The molecule has 1 aliphatic heterocycles. The van der Waals surface area contributed by atoms with Gasteiger partial charge in [0.05, 0.1) is 4.90 Å². The van der Waals surface area contributed by atoms with Crippen molar-refractivity contribution in [2.45, 2.75) is 36.7 Å². The molecule has 0 spiro atoms. The second-order valence-corrected chi connectivity index (χ2v) is 8.75. The minimum absolute atomic E-state index is 0.606. The highest BCUT2D eigenvalue weighted by molar-refractivity contribution is 9.10. The van der Waals surface area contributed by atoms with Crippen LogP contribution in [-0.2, 0) is 24.0 Å². The molecule has 0 bridgehead atoms. The fourth-order valence-corrected chi connectivity index (χ4v) is 4.12. The fraction of sp³-hybridized carbons (Fsp3) is 0.400. The highest BCUT2D eigenvalue weighted by Crippen LogP contribution is 2.18. The summed E-state index contributed by atoms with van der Waals surface area (Å²) in [5.41, 5.74) is 2.61. The van der Waals surface area contributed by atoms with Crippen molar-refractivity contribution in [2.24, 2.45) is 5.14 Å². The van der Waals surface area contributed by atoms with Crippen molar-refractivity contribution in [3.63, 3.8) is 0 Å². The van der Waals surface area contributed by atoms with Gasteiger partial charge in [-0.1, -0.05) is 40.2 Å². The molecule has 1 atom stereocenters. The Kier molecular flexibility index (Phi) is 7.40. The third-order valence-corrected chi connectivity index (χ3v) is 6.23. The van der Waals surface area contributed by atoms with Gasteiger partial charge in [-0.05, 0) is 67.7 Å². The van der Waals surface area contributed by atoms with E-state index in [-0.39, 0.29) is 0 Å². The van der Waals surface area contributed by atoms with E-state index in [4.69, 9.17) is 5.14 Å². The van der Waals surface area contributed by atoms with Crippen molar-refractivity contribution >= 4 is 26.9 Å². The van der Waals surface area contributed by atoms with Crippen LogP contribution in [-0.4, -0.2) is 34.8 Å². The molecule has 4 nitrogen and oxygen atoms in total. The summed E-state index contributed by atoms with van der Waals surface area (Å²) in [4.78, 5) is 3.27. The van der Waals surface area contributed by atoms with Crippen LogP contribution in [0.5, 0.6) is 0 Å². The number of halogens is 1. The number of hydrogen-bond acceptors (Lipinski definition) is 3. The normalized spacial score (nSPS) is 16.7. The lowest BCUT2D eigenvalue weighted by molar-refractivity contribution is 0.155. The highest BCUT2D eigenvalue weighted by atomic mass is 79.9. The average molecular weight is 436 g/mol. The number of nitrogens with two attached hydrogens (primary N) is 1. The molecule has 3 N–H and O–H groups in total. The smallest absolute Gasteiger partial charge is 0.122 e. The molecular weight excluding hydrogens is 410 g/mol. The largest absolute Gasteiger partial charge is 0.317 e. The molecule has 2 aromatic carbocycles. The Labute approximate surface area is 166 Å². The van der Waals surface area contributed by atoms with Crippen molar-refractivity contribution in [3.8, 4) is 0 Å². The number of benzene rings is 2. The van der Waals surface area contributed by atoms with Crippen LogP contribution in [0.3, 0.4) is 0 Å². The summed E-state index contributed by atoms with van der Waals surface area (Å²) in [5, 5.41) is 8.91. The van der Waals surface area contributed by atoms with Gasteiger partial charge in [-0.3, -0.25) is 4.90 Å². The Hall–Kier alpha value is -1.05. The SMILES string of the molecule is NS(=O)c1ccc(CN(CCc2ccc(Br)cc2)C2CCNCC2)cc1. The van der Waals surface area contributed by atoms with Gasteiger partial charge in [0, 0.05) is 23.6 Å². The van der Waals surface area contributed by atoms with Gasteiger partial charge in [0.1, 0.15) is 11.0 Å². The van der Waals surface area contributed by atoms with Gasteiger partial charge in [0.15, 0.2) is 0 Å². The molecule has 0 aromatic heterocycles. The lowest BCUT2D eigenvalue weighted by Crippen LogP contribution is -2.43. The molecule has 1 saturated heterocycles. The van der Waals surface area contributed by atoms with E-state index in [1.54, 1.807) is 0 Å². The van der Waals surface area contributed by atoms with Gasteiger partial charge in [-0.2, -0.15) is 0 Å². The van der Waals surface area contributed by atoms with Gasteiger partial charge in [0.25, 0.3) is 0 Å². The van der Waals surface area contributed by atoms with Crippen LogP contribution < -0.4 is 10.5 Å². The Morgan fingerprint density at radius 2 is 1.65 bits per heavy atom. The zero-order valence-electron chi connectivity index (χ0n) is 14.9. The van der Waals surface area contributed by atoms with Crippen LogP contribution in [0.1, 0.15) is 24.0 Å². The summed E-state index contributed by atoms with van der Waals surface area (Å²) in [7, 11) is -1.41. The van der Waals surface area contributed by atoms with Gasteiger partial charge < -0.3 is 5.32 Å². The molecule has 1 aliphatic rings. The van der Waals surface area contributed by atoms with Gasteiger partial charge >= 0.3 is 0 Å². The van der Waals surface area contributed by atoms with E-state index in [1.165, 1.54) is 24.0 Å². The maximum Gasteiger partial charge on any atom is 0.122 e. The van der Waals surface area contributed by atoms with E-state index >= 15 is 0 Å². The average Bonchev–Trinajstić information content (AvgIpc) is 2.67. The topological polar surface area (TPSA) is 58.4 Å². The lowest BCUT2D eigenvalue weighted by Gasteiger charge is -2.35. The van der Waals surface area contributed by atoms with Crippen LogP contribution in [0.4, 0.5) is 0 Å².